The number of nitrogens with zero attached hydrogens (tertiary/aromatic N) is 4. The van der Waals surface area contributed by atoms with E-state index in [1.807, 2.05) is 24.4 Å². The Balaban J connectivity index is 0.000000145. The fourth-order valence-corrected chi connectivity index (χ4v) is 9.39. The van der Waals surface area contributed by atoms with Gasteiger partial charge in [0.1, 0.15) is 0 Å². The van der Waals surface area contributed by atoms with Gasteiger partial charge in [-0.2, -0.15) is 0 Å². The number of rotatable bonds is 5. The Bertz CT molecular complexity index is 3900. The van der Waals surface area contributed by atoms with Crippen LogP contribution in [0.3, 0.4) is 0 Å². The van der Waals surface area contributed by atoms with E-state index in [0.717, 1.165) is 54.9 Å². The van der Waals surface area contributed by atoms with Crippen molar-refractivity contribution in [3.63, 3.8) is 0 Å². The van der Waals surface area contributed by atoms with Gasteiger partial charge in [0.05, 0.1) is 34.0 Å². The molecule has 6 nitrogen and oxygen atoms in total. The molecular formula is C62H40MnN4O2. The maximum atomic E-state index is 8.41. The Morgan fingerprint density at radius 3 is 0.855 bits per heavy atom. The van der Waals surface area contributed by atoms with E-state index in [1.165, 1.54) is 66.1 Å². The van der Waals surface area contributed by atoms with Crippen molar-refractivity contribution in [2.75, 3.05) is 0 Å². The zero-order valence-corrected chi connectivity index (χ0v) is 38.3. The van der Waals surface area contributed by atoms with Crippen LogP contribution in [0.5, 0.6) is 0 Å². The molecular weight excluding hydrogens is 888 g/mol. The zero-order chi connectivity index (χ0) is 46.5. The largest absolute Gasteiger partial charge is 0.252 e. The summed E-state index contributed by atoms with van der Waals surface area (Å²) in [7, 11) is 0. The molecule has 0 atom stereocenters. The fourth-order valence-electron chi connectivity index (χ4n) is 9.39. The molecule has 0 spiro atoms. The van der Waals surface area contributed by atoms with Gasteiger partial charge in [-0.05, 0) is 90.3 Å². The second-order valence-electron chi connectivity index (χ2n) is 16.6. The molecule has 2 heterocycles. The third-order valence-corrected chi connectivity index (χ3v) is 12.6. The smallest absolute Gasteiger partial charge is 0.0979 e. The quantitative estimate of drug-likeness (QED) is 0.126. The minimum absolute atomic E-state index is 0.886. The van der Waals surface area contributed by atoms with Gasteiger partial charge in [0.2, 0.25) is 0 Å². The first-order valence-electron chi connectivity index (χ1n) is 22.6. The zero-order valence-electron chi connectivity index (χ0n) is 37.1. The summed E-state index contributed by atoms with van der Waals surface area (Å²) in [6.45, 7) is 0. The van der Waals surface area contributed by atoms with Crippen molar-refractivity contribution < 1.29 is 22.5 Å². The summed E-state index contributed by atoms with van der Waals surface area (Å²) in [5.41, 5.74) is 15.4. The third-order valence-electron chi connectivity index (χ3n) is 12.6. The molecule has 0 aliphatic rings. The Kier molecular flexibility index (Phi) is 11.9. The number of hydrogen-bond acceptors (Lipinski definition) is 6. The van der Waals surface area contributed by atoms with E-state index in [9.17, 15) is 0 Å². The van der Waals surface area contributed by atoms with Crippen LogP contribution >= 0.6 is 0 Å². The van der Waals surface area contributed by atoms with Crippen LogP contribution in [0.1, 0.15) is 0 Å². The Hall–Kier alpha value is -8.74. The van der Waals surface area contributed by atoms with Gasteiger partial charge >= 0.3 is 22.5 Å². The Labute approximate surface area is 404 Å². The topological polar surface area (TPSA) is 85.7 Å². The Morgan fingerprint density at radius 2 is 0.536 bits per heavy atom. The maximum Gasteiger partial charge on any atom is 0.0979 e. The van der Waals surface area contributed by atoms with Gasteiger partial charge in [-0.1, -0.05) is 200 Å². The van der Waals surface area contributed by atoms with E-state index in [0.29, 0.717) is 0 Å². The summed E-state index contributed by atoms with van der Waals surface area (Å²) < 4.78 is 16.8. The summed E-state index contributed by atoms with van der Waals surface area (Å²) in [5, 5.41) is 9.30. The van der Waals surface area contributed by atoms with Crippen LogP contribution in [0, 0.1) is 0 Å². The van der Waals surface area contributed by atoms with Crippen LogP contribution in [-0.2, 0) is 22.5 Å². The predicted octanol–water partition coefficient (Wildman–Crippen LogP) is 16.0. The van der Waals surface area contributed by atoms with Gasteiger partial charge < -0.3 is 0 Å². The van der Waals surface area contributed by atoms with E-state index in [4.69, 9.17) is 17.6 Å². The molecule has 0 fully saturated rings. The minimum Gasteiger partial charge on any atom is -0.252 e. The number of fused-ring (bicyclic) bond motifs is 12. The van der Waals surface area contributed by atoms with Gasteiger partial charge in [0.25, 0.3) is 0 Å². The summed E-state index contributed by atoms with van der Waals surface area (Å²) >= 11 is -1.44. The van der Waals surface area contributed by atoms with Crippen molar-refractivity contribution in [1.82, 2.24) is 19.9 Å². The summed E-state index contributed by atoms with van der Waals surface area (Å²) in [5.74, 6) is 0. The van der Waals surface area contributed by atoms with Crippen molar-refractivity contribution in [3.05, 3.63) is 243 Å². The minimum atomic E-state index is -1.44. The predicted molar refractivity (Wildman–Crippen MR) is 278 cm³/mol. The monoisotopic (exact) mass is 927 g/mol. The molecule has 0 amide bonds. The molecule has 13 aromatic rings. The van der Waals surface area contributed by atoms with E-state index >= 15 is 0 Å². The molecule has 0 radical (unpaired) electrons. The molecule has 7 heteroatoms. The Morgan fingerprint density at radius 1 is 0.261 bits per heavy atom. The first kappa shape index (κ1) is 42.9. The third kappa shape index (κ3) is 8.49. The second-order valence-corrected chi connectivity index (χ2v) is 16.8. The van der Waals surface area contributed by atoms with Crippen LogP contribution in [-0.4, -0.2) is 19.9 Å². The van der Waals surface area contributed by atoms with Crippen LogP contribution in [0.15, 0.2) is 243 Å². The first-order chi connectivity index (χ1) is 34.1. The normalized spacial score (nSPS) is 11.0. The molecule has 0 aliphatic heterocycles. The van der Waals surface area contributed by atoms with Crippen molar-refractivity contribution in [3.8, 4) is 55.8 Å². The number of hydrogen-bond donors (Lipinski definition) is 0. The van der Waals surface area contributed by atoms with Crippen LogP contribution in [0.2, 0.25) is 0 Å². The molecule has 69 heavy (non-hydrogen) atoms. The van der Waals surface area contributed by atoms with Gasteiger partial charge in [-0.25, -0.2) is 4.98 Å². The molecule has 0 unspecified atom stereocenters. The average Bonchev–Trinajstić information content (AvgIpc) is 3.44. The molecule has 327 valence electrons. The summed E-state index contributed by atoms with van der Waals surface area (Å²) in [6.07, 6.45) is 5.44. The molecule has 11 aromatic carbocycles. The molecule has 13 rings (SSSR count). The summed E-state index contributed by atoms with van der Waals surface area (Å²) in [6, 6.07) is 79.1. The fraction of sp³-hybridized carbons (Fsp3) is 0. The van der Waals surface area contributed by atoms with Gasteiger partial charge in [-0.3, -0.25) is 15.0 Å². The van der Waals surface area contributed by atoms with E-state index in [2.05, 4.69) is 216 Å². The number of aromatic nitrogens is 4. The summed E-state index contributed by atoms with van der Waals surface area (Å²) in [4.78, 5) is 19.5. The second kappa shape index (κ2) is 19.2. The van der Waals surface area contributed by atoms with Crippen molar-refractivity contribution in [1.29, 1.82) is 0 Å². The van der Waals surface area contributed by atoms with Crippen molar-refractivity contribution in [2.45, 2.75) is 0 Å². The molecule has 0 bridgehead atoms. The van der Waals surface area contributed by atoms with Gasteiger partial charge in [-0.15, -0.1) is 0 Å². The molecule has 0 saturated heterocycles. The SMILES string of the molecule is [O]=[Mn]=[O].c1ccc(-c2ccc3c(c2)c2cc(-c4ccccc4)ccc2c2nc(-c4ccccc4)cnc32)cc1.c1ccc(-c2ccc3c(c2)c2cc(-c4ccccc4)ccc2c2nccnc32)cc1. The van der Waals surface area contributed by atoms with Crippen molar-refractivity contribution >= 4 is 65.2 Å². The van der Waals surface area contributed by atoms with E-state index in [1.54, 1.807) is 12.4 Å². The van der Waals surface area contributed by atoms with E-state index in [-0.39, 0.29) is 0 Å². The van der Waals surface area contributed by atoms with Crippen LogP contribution < -0.4 is 0 Å². The van der Waals surface area contributed by atoms with Crippen LogP contribution in [0.25, 0.3) is 121 Å². The average molecular weight is 928 g/mol. The molecule has 0 aliphatic carbocycles. The van der Waals surface area contributed by atoms with Crippen LogP contribution in [0.4, 0.5) is 0 Å². The van der Waals surface area contributed by atoms with Gasteiger partial charge in [0, 0.05) is 39.5 Å². The molecule has 2 aromatic heterocycles. The maximum absolute atomic E-state index is 8.41. The number of benzene rings is 11. The van der Waals surface area contributed by atoms with Crippen molar-refractivity contribution in [2.24, 2.45) is 0 Å². The standard InChI is InChI=1S/C34H22N2.C28H18N2.Mn.2O/c1-4-10-23(11-5-1)26-16-18-28-30(20-26)31-21-27(24-12-6-2-7-13-24)17-19-29(31)34-33(28)35-22-32(36-34)25-14-8-3-9-15-25;1-3-7-19(8-4-1)21-11-13-23-25(17-21)26-18-22(20-9-5-2-6-10-20)12-14-24(26)28-27(23)29-15-16-30-28;;;/h1-22H;1-18H;;;. The first-order valence-corrected chi connectivity index (χ1v) is 23.5. The van der Waals surface area contributed by atoms with E-state index < -0.39 is 14.8 Å². The van der Waals surface area contributed by atoms with Gasteiger partial charge in [0.15, 0.2) is 0 Å². The molecule has 0 N–H and O–H groups in total. The molecule has 0 saturated carbocycles.